The summed E-state index contributed by atoms with van der Waals surface area (Å²) >= 11 is 6.16. The number of likely N-dealkylation sites (tertiary alicyclic amines) is 1. The second kappa shape index (κ2) is 9.06. The molecule has 3 rings (SSSR count). The third-order valence-corrected chi connectivity index (χ3v) is 5.48. The molecular formula is C21H24ClN3O3. The van der Waals surface area contributed by atoms with Crippen molar-refractivity contribution < 1.29 is 14.3 Å². The Balaban J connectivity index is 1.45. The number of hydrogen-bond donors (Lipinski definition) is 1. The number of aryl methyl sites for hydroxylation is 2. The number of aromatic nitrogens is 1. The summed E-state index contributed by atoms with van der Waals surface area (Å²) in [5.74, 6) is 0.461. The van der Waals surface area contributed by atoms with E-state index in [9.17, 15) is 9.59 Å². The van der Waals surface area contributed by atoms with Crippen molar-refractivity contribution in [2.24, 2.45) is 0 Å². The Bertz CT molecular complexity index is 826. The van der Waals surface area contributed by atoms with Gasteiger partial charge in [-0.25, -0.2) is 0 Å². The van der Waals surface area contributed by atoms with Crippen LogP contribution in [-0.2, 0) is 4.79 Å². The summed E-state index contributed by atoms with van der Waals surface area (Å²) in [7, 11) is 0. The first-order valence-electron chi connectivity index (χ1n) is 9.32. The summed E-state index contributed by atoms with van der Waals surface area (Å²) in [5, 5.41) is 3.73. The highest BCUT2D eigenvalue weighted by Gasteiger charge is 2.24. The van der Waals surface area contributed by atoms with E-state index < -0.39 is 0 Å². The number of benzene rings is 1. The fraction of sp³-hybridized carbons (Fsp3) is 0.381. The summed E-state index contributed by atoms with van der Waals surface area (Å²) in [6.07, 6.45) is 4.62. The maximum atomic E-state index is 12.4. The van der Waals surface area contributed by atoms with E-state index in [4.69, 9.17) is 16.3 Å². The maximum Gasteiger partial charge on any atom is 0.260 e. The fourth-order valence-electron chi connectivity index (χ4n) is 3.26. The molecular weight excluding hydrogens is 378 g/mol. The number of pyridine rings is 1. The molecule has 7 heteroatoms. The van der Waals surface area contributed by atoms with Crippen LogP contribution in [0.3, 0.4) is 0 Å². The minimum atomic E-state index is -0.130. The number of carbonyl (C=O) groups excluding carboxylic acids is 2. The Kier molecular flexibility index (Phi) is 6.52. The van der Waals surface area contributed by atoms with Gasteiger partial charge in [-0.2, -0.15) is 0 Å². The largest absolute Gasteiger partial charge is 0.484 e. The van der Waals surface area contributed by atoms with Crippen molar-refractivity contribution in [2.45, 2.75) is 32.7 Å². The first-order valence-corrected chi connectivity index (χ1v) is 9.70. The fourth-order valence-corrected chi connectivity index (χ4v) is 3.37. The van der Waals surface area contributed by atoms with Crippen LogP contribution in [0.1, 0.15) is 34.3 Å². The molecule has 1 aromatic carbocycles. The zero-order valence-electron chi connectivity index (χ0n) is 16.1. The molecule has 2 heterocycles. The average Bonchev–Trinajstić information content (AvgIpc) is 2.71. The van der Waals surface area contributed by atoms with Gasteiger partial charge in [0.25, 0.3) is 11.8 Å². The summed E-state index contributed by atoms with van der Waals surface area (Å²) < 4.78 is 5.66. The third kappa shape index (κ3) is 5.01. The van der Waals surface area contributed by atoms with Gasteiger partial charge in [0.15, 0.2) is 6.61 Å². The average molecular weight is 402 g/mol. The standard InChI is InChI=1S/C21H24ClN3O3/c1-14-10-18(11-15(2)20(14)22)28-13-19(26)25-8-5-17(6-9-25)24-21(27)16-4-3-7-23-12-16/h3-4,7,10-12,17H,5-6,8-9,13H2,1-2H3,(H,24,27). The number of piperidine rings is 1. The third-order valence-electron chi connectivity index (χ3n) is 4.88. The molecule has 2 amide bonds. The van der Waals surface area contributed by atoms with Crippen molar-refractivity contribution in [3.8, 4) is 5.75 Å². The van der Waals surface area contributed by atoms with E-state index in [0.717, 1.165) is 24.0 Å². The Labute approximate surface area is 169 Å². The van der Waals surface area contributed by atoms with E-state index in [1.807, 2.05) is 26.0 Å². The smallest absolute Gasteiger partial charge is 0.260 e. The van der Waals surface area contributed by atoms with Gasteiger partial charge in [0.2, 0.25) is 0 Å². The van der Waals surface area contributed by atoms with E-state index in [1.165, 1.54) is 0 Å². The maximum absolute atomic E-state index is 12.4. The van der Waals surface area contributed by atoms with Crippen LogP contribution in [-0.4, -0.2) is 47.4 Å². The van der Waals surface area contributed by atoms with Gasteiger partial charge in [-0.05, 0) is 62.1 Å². The number of nitrogens with one attached hydrogen (secondary N) is 1. The van der Waals surface area contributed by atoms with Crippen LogP contribution in [0.25, 0.3) is 0 Å². The van der Waals surface area contributed by atoms with Crippen molar-refractivity contribution >= 4 is 23.4 Å². The number of carbonyl (C=O) groups is 2. The molecule has 1 saturated heterocycles. The van der Waals surface area contributed by atoms with Crippen LogP contribution < -0.4 is 10.1 Å². The van der Waals surface area contributed by atoms with Gasteiger partial charge in [-0.1, -0.05) is 11.6 Å². The van der Waals surface area contributed by atoms with Crippen molar-refractivity contribution in [3.63, 3.8) is 0 Å². The molecule has 1 aliphatic heterocycles. The van der Waals surface area contributed by atoms with Crippen LogP contribution >= 0.6 is 11.6 Å². The van der Waals surface area contributed by atoms with E-state index in [-0.39, 0.29) is 24.5 Å². The van der Waals surface area contributed by atoms with Crippen molar-refractivity contribution in [1.82, 2.24) is 15.2 Å². The minimum Gasteiger partial charge on any atom is -0.484 e. The summed E-state index contributed by atoms with van der Waals surface area (Å²) in [6, 6.07) is 7.20. The van der Waals surface area contributed by atoms with Crippen LogP contribution in [0.15, 0.2) is 36.7 Å². The lowest BCUT2D eigenvalue weighted by atomic mass is 10.0. The van der Waals surface area contributed by atoms with Crippen LogP contribution in [0.4, 0.5) is 0 Å². The molecule has 0 radical (unpaired) electrons. The normalized spacial score (nSPS) is 14.6. The topological polar surface area (TPSA) is 71.5 Å². The van der Waals surface area contributed by atoms with E-state index in [0.29, 0.717) is 29.4 Å². The Morgan fingerprint density at radius 3 is 2.54 bits per heavy atom. The summed E-state index contributed by atoms with van der Waals surface area (Å²) in [6.45, 7) is 5.01. The first kappa shape index (κ1) is 20.1. The van der Waals surface area contributed by atoms with Gasteiger partial charge in [-0.15, -0.1) is 0 Å². The second-order valence-electron chi connectivity index (χ2n) is 7.03. The Morgan fingerprint density at radius 2 is 1.93 bits per heavy atom. The van der Waals surface area contributed by atoms with Gasteiger partial charge in [0.05, 0.1) is 5.56 Å². The van der Waals surface area contributed by atoms with Gasteiger partial charge in [0, 0.05) is 36.5 Å². The molecule has 1 N–H and O–H groups in total. The van der Waals surface area contributed by atoms with Gasteiger partial charge in [-0.3, -0.25) is 14.6 Å². The predicted molar refractivity (Wildman–Crippen MR) is 108 cm³/mol. The molecule has 1 fully saturated rings. The molecule has 1 aromatic heterocycles. The minimum absolute atomic E-state index is 0.00672. The van der Waals surface area contributed by atoms with E-state index in [2.05, 4.69) is 10.3 Å². The zero-order chi connectivity index (χ0) is 20.1. The quantitative estimate of drug-likeness (QED) is 0.835. The van der Waals surface area contributed by atoms with Gasteiger partial charge >= 0.3 is 0 Å². The SMILES string of the molecule is Cc1cc(OCC(=O)N2CCC(NC(=O)c3cccnc3)CC2)cc(C)c1Cl. The monoisotopic (exact) mass is 401 g/mol. The molecule has 0 bridgehead atoms. The molecule has 148 valence electrons. The molecule has 0 aliphatic carbocycles. The van der Waals surface area contributed by atoms with Gasteiger partial charge < -0.3 is 15.0 Å². The van der Waals surface area contributed by atoms with Crippen LogP contribution in [0, 0.1) is 13.8 Å². The summed E-state index contributed by atoms with van der Waals surface area (Å²) in [4.78, 5) is 30.4. The lowest BCUT2D eigenvalue weighted by Gasteiger charge is -2.32. The Morgan fingerprint density at radius 1 is 1.25 bits per heavy atom. The number of hydrogen-bond acceptors (Lipinski definition) is 4. The van der Waals surface area contributed by atoms with Crippen LogP contribution in [0.2, 0.25) is 5.02 Å². The molecule has 0 atom stereocenters. The highest BCUT2D eigenvalue weighted by molar-refractivity contribution is 6.32. The number of rotatable bonds is 5. The van der Waals surface area contributed by atoms with E-state index in [1.54, 1.807) is 29.4 Å². The summed E-state index contributed by atoms with van der Waals surface area (Å²) in [5.41, 5.74) is 2.39. The highest BCUT2D eigenvalue weighted by Crippen LogP contribution is 2.26. The molecule has 0 unspecified atom stereocenters. The number of nitrogens with zero attached hydrogens (tertiary/aromatic N) is 2. The molecule has 28 heavy (non-hydrogen) atoms. The molecule has 1 aliphatic rings. The zero-order valence-corrected chi connectivity index (χ0v) is 16.8. The molecule has 0 saturated carbocycles. The predicted octanol–water partition coefficient (Wildman–Crippen LogP) is 3.15. The number of halogens is 1. The number of amides is 2. The van der Waals surface area contributed by atoms with Crippen LogP contribution in [0.5, 0.6) is 5.75 Å². The van der Waals surface area contributed by atoms with Crippen molar-refractivity contribution in [3.05, 3.63) is 58.4 Å². The number of ether oxygens (including phenoxy) is 1. The molecule has 6 nitrogen and oxygen atoms in total. The lowest BCUT2D eigenvalue weighted by molar-refractivity contribution is -0.134. The second-order valence-corrected chi connectivity index (χ2v) is 7.41. The molecule has 2 aromatic rings. The van der Waals surface area contributed by atoms with Gasteiger partial charge in [0.1, 0.15) is 5.75 Å². The lowest BCUT2D eigenvalue weighted by Crippen LogP contribution is -2.47. The Hall–Kier alpha value is -2.60. The highest BCUT2D eigenvalue weighted by atomic mass is 35.5. The van der Waals surface area contributed by atoms with Crippen molar-refractivity contribution in [1.29, 1.82) is 0 Å². The van der Waals surface area contributed by atoms with E-state index >= 15 is 0 Å². The molecule has 0 spiro atoms. The van der Waals surface area contributed by atoms with Crippen molar-refractivity contribution in [2.75, 3.05) is 19.7 Å². The first-order chi connectivity index (χ1) is 13.4.